The molecule has 0 aliphatic heterocycles. The number of allylic oxidation sites excluding steroid dienone is 14. The second-order valence-corrected chi connectivity index (χ2v) is 16.7. The van der Waals surface area contributed by atoms with Crippen molar-refractivity contribution in [1.82, 2.24) is 0 Å². The number of hydrogen-bond acceptors (Lipinski definition) is 7. The van der Waals surface area contributed by atoms with Crippen LogP contribution in [0.5, 0.6) is 0 Å². The number of phosphoric acid groups is 1. The van der Waals surface area contributed by atoms with Crippen molar-refractivity contribution in [3.63, 3.8) is 0 Å². The van der Waals surface area contributed by atoms with Crippen LogP contribution in [-0.4, -0.2) is 49.9 Å². The van der Waals surface area contributed by atoms with E-state index in [2.05, 4.69) is 98.9 Å². The van der Waals surface area contributed by atoms with Gasteiger partial charge in [0, 0.05) is 19.6 Å². The quantitative estimate of drug-likeness (QED) is 0.0269. The van der Waals surface area contributed by atoms with Gasteiger partial charge in [-0.05, 0) is 70.6 Å². The van der Waals surface area contributed by atoms with Crippen LogP contribution in [0.2, 0.25) is 0 Å². The van der Waals surface area contributed by atoms with Gasteiger partial charge in [-0.15, -0.1) is 0 Å². The summed E-state index contributed by atoms with van der Waals surface area (Å²) in [6, 6.07) is 0. The van der Waals surface area contributed by atoms with Crippen LogP contribution in [-0.2, 0) is 27.9 Å². The summed E-state index contributed by atoms with van der Waals surface area (Å²) in [4.78, 5) is 22.5. The van der Waals surface area contributed by atoms with Gasteiger partial charge in [0.05, 0.1) is 19.8 Å². The van der Waals surface area contributed by atoms with Gasteiger partial charge in [0.25, 0.3) is 0 Å². The molecule has 59 heavy (non-hydrogen) atoms. The highest BCUT2D eigenvalue weighted by molar-refractivity contribution is 7.47. The van der Waals surface area contributed by atoms with Crippen LogP contribution in [0, 0.1) is 0 Å². The number of hydrogen-bond donors (Lipinski definition) is 2. The average molecular weight is 846 g/mol. The van der Waals surface area contributed by atoms with Gasteiger partial charge in [0.1, 0.15) is 6.10 Å². The van der Waals surface area contributed by atoms with Crippen LogP contribution in [0.15, 0.2) is 85.1 Å². The molecule has 0 saturated heterocycles. The Morgan fingerprint density at radius 1 is 0.525 bits per heavy atom. The highest BCUT2D eigenvalue weighted by Crippen LogP contribution is 2.43. The van der Waals surface area contributed by atoms with Crippen LogP contribution >= 0.6 is 7.82 Å². The topological polar surface area (TPSA) is 117 Å². The molecule has 0 heterocycles. The van der Waals surface area contributed by atoms with Crippen molar-refractivity contribution in [1.29, 1.82) is 0 Å². The van der Waals surface area contributed by atoms with E-state index >= 15 is 0 Å². The van der Waals surface area contributed by atoms with Crippen LogP contribution in [0.4, 0.5) is 0 Å². The molecule has 0 rings (SSSR count). The summed E-state index contributed by atoms with van der Waals surface area (Å²) in [5.74, 6) is -0.363. The molecule has 0 saturated carbocycles. The highest BCUT2D eigenvalue weighted by atomic mass is 31.2. The van der Waals surface area contributed by atoms with Crippen LogP contribution in [0.25, 0.3) is 0 Å². The summed E-state index contributed by atoms with van der Waals surface area (Å²) >= 11 is 0. The summed E-state index contributed by atoms with van der Waals surface area (Å²) in [7, 11) is -4.29. The van der Waals surface area contributed by atoms with Crippen molar-refractivity contribution >= 4 is 13.8 Å². The predicted molar refractivity (Wildman–Crippen MR) is 251 cm³/mol. The second-order valence-electron chi connectivity index (χ2n) is 15.2. The van der Waals surface area contributed by atoms with Gasteiger partial charge < -0.3 is 20.1 Å². The smallest absolute Gasteiger partial charge is 0.457 e. The monoisotopic (exact) mass is 846 g/mol. The fourth-order valence-electron chi connectivity index (χ4n) is 6.15. The minimum absolute atomic E-state index is 0.0912. The van der Waals surface area contributed by atoms with E-state index in [9.17, 15) is 14.3 Å². The van der Waals surface area contributed by atoms with Gasteiger partial charge in [-0.3, -0.25) is 13.8 Å². The third kappa shape index (κ3) is 46.6. The average Bonchev–Trinajstić information content (AvgIpc) is 3.23. The molecule has 0 aromatic heterocycles. The summed E-state index contributed by atoms with van der Waals surface area (Å²) < 4.78 is 33.5. The Hall–Kier alpha value is -2.32. The van der Waals surface area contributed by atoms with E-state index in [1.54, 1.807) is 0 Å². The molecule has 0 amide bonds. The molecular formula is C50H88NO7P. The molecule has 0 fully saturated rings. The standard InChI is InChI=1S/C50H88NO7P/c1-3-5-7-9-11-13-15-17-19-20-21-22-23-24-25-26-27-28-29-31-33-35-37-39-41-43-50(52)58-49(48-57-59(53,54)56-46-44-51)47-55-45-42-40-38-36-34-32-30-18-16-14-12-10-8-6-4-2/h5,7,11,13,17,19,21-22,24-25,27-28,31,33,49H,3-4,6,8-10,12,14-16,18,20,23,26,29-30,32,34-48,51H2,1-2H3,(H,53,54)/b7-5-,13-11-,19-17-,22-21-,25-24-,28-27-,33-31-. The molecule has 2 unspecified atom stereocenters. The third-order valence-electron chi connectivity index (χ3n) is 9.58. The Balaban J connectivity index is 4.09. The van der Waals surface area contributed by atoms with Crippen molar-refractivity contribution in [3.05, 3.63) is 85.1 Å². The van der Waals surface area contributed by atoms with E-state index in [1.165, 1.54) is 83.5 Å². The van der Waals surface area contributed by atoms with Gasteiger partial charge in [-0.2, -0.15) is 0 Å². The van der Waals surface area contributed by atoms with Crippen molar-refractivity contribution in [2.24, 2.45) is 5.73 Å². The zero-order chi connectivity index (χ0) is 43.0. The fraction of sp³-hybridized carbons (Fsp3) is 0.700. The predicted octanol–water partition coefficient (Wildman–Crippen LogP) is 14.5. The Kier molecular flexibility index (Phi) is 44.9. The van der Waals surface area contributed by atoms with E-state index in [0.29, 0.717) is 13.0 Å². The van der Waals surface area contributed by atoms with E-state index in [1.807, 2.05) is 0 Å². The van der Waals surface area contributed by atoms with Gasteiger partial charge in [0.2, 0.25) is 0 Å². The normalized spacial score (nSPS) is 14.2. The maximum absolute atomic E-state index is 12.6. The zero-order valence-corrected chi connectivity index (χ0v) is 38.6. The van der Waals surface area contributed by atoms with E-state index < -0.39 is 13.9 Å². The minimum atomic E-state index is -4.29. The van der Waals surface area contributed by atoms with E-state index in [-0.39, 0.29) is 38.8 Å². The lowest BCUT2D eigenvalue weighted by atomic mass is 10.0. The summed E-state index contributed by atoms with van der Waals surface area (Å²) in [5, 5.41) is 0. The van der Waals surface area contributed by atoms with Gasteiger partial charge in [-0.25, -0.2) is 4.57 Å². The third-order valence-corrected chi connectivity index (χ3v) is 10.6. The van der Waals surface area contributed by atoms with E-state index in [0.717, 1.165) is 77.0 Å². The molecule has 0 aliphatic carbocycles. The van der Waals surface area contributed by atoms with Crippen LogP contribution in [0.3, 0.4) is 0 Å². The molecule has 3 N–H and O–H groups in total. The van der Waals surface area contributed by atoms with E-state index in [4.69, 9.17) is 24.3 Å². The molecule has 8 nitrogen and oxygen atoms in total. The summed E-state index contributed by atoms with van der Waals surface area (Å²) in [6.45, 7) is 4.76. The zero-order valence-electron chi connectivity index (χ0n) is 37.7. The SMILES string of the molecule is CC/C=C\C/C=C\C/C=C\C/C=C\C/C=C\C/C=C\C/C=C\CCCCCC(=O)OC(COCCCCCCCCCCCCCCCCC)COP(=O)(O)OCCN. The fourth-order valence-corrected chi connectivity index (χ4v) is 6.92. The molecule has 9 heteroatoms. The van der Waals surface area contributed by atoms with Gasteiger partial charge in [0.15, 0.2) is 0 Å². The Morgan fingerprint density at radius 2 is 0.949 bits per heavy atom. The van der Waals surface area contributed by atoms with Gasteiger partial charge in [-0.1, -0.05) is 195 Å². The largest absolute Gasteiger partial charge is 0.472 e. The highest BCUT2D eigenvalue weighted by Gasteiger charge is 2.25. The Labute approximate surface area is 362 Å². The first kappa shape index (κ1) is 56.7. The number of carbonyl (C=O) groups excluding carboxylic acids is 1. The number of rotatable bonds is 44. The van der Waals surface area contributed by atoms with Crippen molar-refractivity contribution in [3.8, 4) is 0 Å². The first-order chi connectivity index (χ1) is 28.9. The minimum Gasteiger partial charge on any atom is -0.457 e. The molecule has 340 valence electrons. The molecule has 0 aromatic rings. The summed E-state index contributed by atoms with van der Waals surface area (Å²) in [6.07, 6.45) is 60.3. The maximum atomic E-state index is 12.6. The molecule has 0 spiro atoms. The number of esters is 1. The lowest BCUT2D eigenvalue weighted by Crippen LogP contribution is -2.28. The molecule has 0 bridgehead atoms. The molecule has 0 aliphatic rings. The lowest BCUT2D eigenvalue weighted by Gasteiger charge is -2.20. The van der Waals surface area contributed by atoms with Crippen LogP contribution in [0.1, 0.15) is 187 Å². The summed E-state index contributed by atoms with van der Waals surface area (Å²) in [5.41, 5.74) is 5.37. The Morgan fingerprint density at radius 3 is 1.41 bits per heavy atom. The number of unbranched alkanes of at least 4 members (excludes halogenated alkanes) is 17. The number of ether oxygens (including phenoxy) is 2. The number of nitrogens with two attached hydrogens (primary N) is 1. The van der Waals surface area contributed by atoms with Crippen molar-refractivity contribution in [2.45, 2.75) is 193 Å². The number of phosphoric ester groups is 1. The second kappa shape index (κ2) is 46.7. The molecular weight excluding hydrogens is 758 g/mol. The molecule has 2 atom stereocenters. The number of carbonyl (C=O) groups is 1. The first-order valence-corrected chi connectivity index (χ1v) is 25.1. The Bertz CT molecular complexity index is 1180. The van der Waals surface area contributed by atoms with Crippen LogP contribution < -0.4 is 5.73 Å². The lowest BCUT2D eigenvalue weighted by molar-refractivity contribution is -0.154. The molecule has 0 aromatic carbocycles. The van der Waals surface area contributed by atoms with Crippen molar-refractivity contribution in [2.75, 3.05) is 33.0 Å². The van der Waals surface area contributed by atoms with Gasteiger partial charge >= 0.3 is 13.8 Å². The maximum Gasteiger partial charge on any atom is 0.472 e. The first-order valence-electron chi connectivity index (χ1n) is 23.6. The van der Waals surface area contributed by atoms with Crippen molar-refractivity contribution < 1.29 is 32.8 Å². The molecule has 0 radical (unpaired) electrons.